The smallest absolute Gasteiger partial charge is 0.267 e. The number of aliphatic imine (C=N–C) groups is 1. The molecule has 5 heteroatoms. The minimum absolute atomic E-state index is 0.185. The molecule has 0 spiro atoms. The molecule has 1 aromatic heterocycles. The van der Waals surface area contributed by atoms with Crippen molar-refractivity contribution in [1.29, 1.82) is 0 Å². The van der Waals surface area contributed by atoms with Gasteiger partial charge in [0.25, 0.3) is 11.9 Å². The van der Waals surface area contributed by atoms with Crippen LogP contribution in [0.1, 0.15) is 4.79 Å². The Bertz CT molecular complexity index is 287. The number of rotatable bonds is 0. The van der Waals surface area contributed by atoms with Crippen molar-refractivity contribution in [2.75, 3.05) is 0 Å². The first-order valence-corrected chi connectivity index (χ1v) is 2.36. The van der Waals surface area contributed by atoms with Crippen LogP contribution in [0.25, 0.3) is 0 Å². The van der Waals surface area contributed by atoms with Gasteiger partial charge in [-0.15, -0.1) is 10.2 Å². The molecular weight excluding hydrogens is 120 g/mol. The molecule has 5 nitrogen and oxygen atoms in total. The second kappa shape index (κ2) is 1.25. The molecule has 44 valence electrons. The standard InChI is InChI=1S/C4H2N4O/c9-3-1-5-4-7-6-2-8(3)4/h1-2H. The maximum atomic E-state index is 10.7. The normalized spacial score (nSPS) is 14.4. The Labute approximate surface area is 50.0 Å². The molecule has 0 aliphatic carbocycles. The van der Waals surface area contributed by atoms with Gasteiger partial charge in [0.1, 0.15) is 6.33 Å². The van der Waals surface area contributed by atoms with Crippen LogP contribution in [0.3, 0.4) is 0 Å². The highest BCUT2D eigenvalue weighted by Gasteiger charge is 2.13. The molecule has 0 saturated heterocycles. The van der Waals surface area contributed by atoms with E-state index in [0.29, 0.717) is 5.95 Å². The molecule has 0 saturated carbocycles. The van der Waals surface area contributed by atoms with Gasteiger partial charge in [0.2, 0.25) is 0 Å². The third-order valence-electron chi connectivity index (χ3n) is 1.06. The number of aromatic nitrogens is 3. The van der Waals surface area contributed by atoms with Gasteiger partial charge < -0.3 is 0 Å². The fraction of sp³-hybridized carbons (Fsp3) is 0. The van der Waals surface area contributed by atoms with Crippen molar-refractivity contribution in [2.24, 2.45) is 4.99 Å². The average Bonchev–Trinajstić information content (AvgIpc) is 2.35. The lowest BCUT2D eigenvalue weighted by Gasteiger charge is -1.82. The van der Waals surface area contributed by atoms with Gasteiger partial charge in [-0.25, -0.2) is 9.56 Å². The predicted molar refractivity (Wildman–Crippen MR) is 28.8 cm³/mol. The van der Waals surface area contributed by atoms with Crippen LogP contribution in [0.15, 0.2) is 11.3 Å². The van der Waals surface area contributed by atoms with Crippen LogP contribution in [0.2, 0.25) is 0 Å². The lowest BCUT2D eigenvalue weighted by molar-refractivity contribution is 0.100. The first kappa shape index (κ1) is 4.37. The molecule has 1 aliphatic rings. The minimum atomic E-state index is -0.185. The molecule has 0 unspecified atom stereocenters. The number of hydrogen-bond donors (Lipinski definition) is 0. The maximum Gasteiger partial charge on any atom is 0.277 e. The Morgan fingerprint density at radius 2 is 2.44 bits per heavy atom. The van der Waals surface area contributed by atoms with Gasteiger partial charge in [0.05, 0.1) is 6.21 Å². The summed E-state index contributed by atoms with van der Waals surface area (Å²) in [6.45, 7) is 0. The first-order valence-electron chi connectivity index (χ1n) is 2.36. The largest absolute Gasteiger partial charge is 0.277 e. The van der Waals surface area contributed by atoms with Crippen LogP contribution in [0.5, 0.6) is 0 Å². The van der Waals surface area contributed by atoms with Crippen LogP contribution in [0, 0.1) is 0 Å². The highest BCUT2D eigenvalue weighted by atomic mass is 16.2. The zero-order valence-corrected chi connectivity index (χ0v) is 4.35. The quantitative estimate of drug-likeness (QED) is 0.471. The highest BCUT2D eigenvalue weighted by Crippen LogP contribution is 2.09. The molecule has 0 bridgehead atoms. The minimum Gasteiger partial charge on any atom is -0.267 e. The Balaban J connectivity index is 2.73. The van der Waals surface area contributed by atoms with E-state index in [2.05, 4.69) is 15.2 Å². The zero-order chi connectivity index (χ0) is 6.27. The van der Waals surface area contributed by atoms with Gasteiger partial charge in [-0.05, 0) is 0 Å². The van der Waals surface area contributed by atoms with E-state index < -0.39 is 0 Å². The Morgan fingerprint density at radius 3 is 3.22 bits per heavy atom. The lowest BCUT2D eigenvalue weighted by Crippen LogP contribution is -2.03. The summed E-state index contributed by atoms with van der Waals surface area (Å²) in [6.07, 6.45) is 2.55. The van der Waals surface area contributed by atoms with Crippen molar-refractivity contribution in [3.63, 3.8) is 0 Å². The number of hydrogen-bond acceptors (Lipinski definition) is 4. The molecule has 0 radical (unpaired) electrons. The summed E-state index contributed by atoms with van der Waals surface area (Å²) in [7, 11) is 0. The molecule has 0 aromatic carbocycles. The molecule has 2 heterocycles. The third kappa shape index (κ3) is 0.426. The number of carbonyl (C=O) groups excluding carboxylic acids is 1. The summed E-state index contributed by atoms with van der Waals surface area (Å²) in [5.41, 5.74) is 0. The Hall–Kier alpha value is -1.52. The second-order valence-corrected chi connectivity index (χ2v) is 1.60. The monoisotopic (exact) mass is 122 g/mol. The second-order valence-electron chi connectivity index (χ2n) is 1.60. The van der Waals surface area contributed by atoms with E-state index in [4.69, 9.17) is 0 Å². The van der Waals surface area contributed by atoms with Crippen molar-refractivity contribution in [2.45, 2.75) is 0 Å². The summed E-state index contributed by atoms with van der Waals surface area (Å²) in [5.74, 6) is 0.176. The molecule has 0 amide bonds. The Morgan fingerprint density at radius 1 is 1.56 bits per heavy atom. The van der Waals surface area contributed by atoms with E-state index in [0.717, 1.165) is 0 Å². The predicted octanol–water partition coefficient (Wildman–Crippen LogP) is -0.366. The molecule has 0 atom stereocenters. The molecule has 1 aromatic rings. The van der Waals surface area contributed by atoms with Gasteiger partial charge in [0, 0.05) is 0 Å². The Kier molecular flexibility index (Phi) is 0.606. The van der Waals surface area contributed by atoms with E-state index >= 15 is 0 Å². The molecule has 9 heavy (non-hydrogen) atoms. The van der Waals surface area contributed by atoms with E-state index in [1.54, 1.807) is 0 Å². The fourth-order valence-corrected chi connectivity index (χ4v) is 0.648. The van der Waals surface area contributed by atoms with Crippen LogP contribution in [-0.2, 0) is 0 Å². The summed E-state index contributed by atoms with van der Waals surface area (Å²) in [4.78, 5) is 14.3. The molecule has 2 rings (SSSR count). The van der Waals surface area contributed by atoms with Crippen molar-refractivity contribution in [3.8, 4) is 0 Å². The lowest BCUT2D eigenvalue weighted by atomic mass is 10.7. The zero-order valence-electron chi connectivity index (χ0n) is 4.35. The highest BCUT2D eigenvalue weighted by molar-refractivity contribution is 6.30. The molecular formula is C4H2N4O. The molecule has 1 aliphatic heterocycles. The van der Waals surface area contributed by atoms with E-state index in [-0.39, 0.29) is 5.91 Å². The van der Waals surface area contributed by atoms with E-state index in [1.165, 1.54) is 17.1 Å². The average molecular weight is 122 g/mol. The van der Waals surface area contributed by atoms with Gasteiger partial charge >= 0.3 is 0 Å². The van der Waals surface area contributed by atoms with Crippen LogP contribution in [-0.4, -0.2) is 26.9 Å². The number of nitrogens with zero attached hydrogens (tertiary/aromatic N) is 4. The van der Waals surface area contributed by atoms with Gasteiger partial charge in [-0.3, -0.25) is 4.79 Å². The van der Waals surface area contributed by atoms with Gasteiger partial charge in [0.15, 0.2) is 0 Å². The molecule has 0 N–H and O–H groups in total. The SMILES string of the molecule is O=C1C=Nc2nncn21. The van der Waals surface area contributed by atoms with Gasteiger partial charge in [-0.2, -0.15) is 0 Å². The van der Waals surface area contributed by atoms with Crippen LogP contribution in [0.4, 0.5) is 5.95 Å². The fourth-order valence-electron chi connectivity index (χ4n) is 0.648. The van der Waals surface area contributed by atoms with Crippen LogP contribution < -0.4 is 0 Å². The maximum absolute atomic E-state index is 10.7. The summed E-state index contributed by atoms with van der Waals surface area (Å²) >= 11 is 0. The molecule has 0 fully saturated rings. The van der Waals surface area contributed by atoms with Gasteiger partial charge in [-0.1, -0.05) is 0 Å². The van der Waals surface area contributed by atoms with Crippen LogP contribution >= 0.6 is 0 Å². The van der Waals surface area contributed by atoms with E-state index in [1.807, 2.05) is 0 Å². The number of fused-ring (bicyclic) bond motifs is 1. The van der Waals surface area contributed by atoms with Crippen molar-refractivity contribution >= 4 is 18.1 Å². The number of carbonyl (C=O) groups is 1. The van der Waals surface area contributed by atoms with E-state index in [9.17, 15) is 4.79 Å². The van der Waals surface area contributed by atoms with Crippen molar-refractivity contribution in [3.05, 3.63) is 6.33 Å². The van der Waals surface area contributed by atoms with Crippen molar-refractivity contribution in [1.82, 2.24) is 14.8 Å². The summed E-state index contributed by atoms with van der Waals surface area (Å²) in [6, 6.07) is 0. The van der Waals surface area contributed by atoms with Crippen molar-refractivity contribution < 1.29 is 4.79 Å². The first-order chi connectivity index (χ1) is 4.38. The topological polar surface area (TPSA) is 60.1 Å². The summed E-state index contributed by atoms with van der Waals surface area (Å²) < 4.78 is 1.28. The third-order valence-corrected chi connectivity index (χ3v) is 1.06. The summed E-state index contributed by atoms with van der Waals surface area (Å²) in [5, 5.41) is 7.01.